The number of hydrogen-bond acceptors (Lipinski definition) is 5. The largest absolute Gasteiger partial charge is 0.469 e. The average Bonchev–Trinajstić information content (AvgIpc) is 3.17. The van der Waals surface area contributed by atoms with Gasteiger partial charge in [0.25, 0.3) is 5.91 Å². The molecule has 0 aromatic heterocycles. The van der Waals surface area contributed by atoms with E-state index in [1.165, 1.54) is 7.11 Å². The molecule has 3 rings (SSSR count). The molecule has 152 valence electrons. The van der Waals surface area contributed by atoms with Crippen LogP contribution in [0.2, 0.25) is 0 Å². The number of amides is 2. The molecule has 1 aromatic rings. The van der Waals surface area contributed by atoms with Gasteiger partial charge in [0.1, 0.15) is 0 Å². The molecule has 7 heteroatoms. The monoisotopic (exact) mass is 388 g/mol. The number of nitrogens with one attached hydrogen (secondary N) is 1. The number of methoxy groups -OCH3 is 2. The van der Waals surface area contributed by atoms with E-state index in [2.05, 4.69) is 10.1 Å². The third kappa shape index (κ3) is 3.63. The first-order valence-electron chi connectivity index (χ1n) is 9.79. The Morgan fingerprint density at radius 1 is 1.21 bits per heavy atom. The van der Waals surface area contributed by atoms with Crippen LogP contribution in [0.25, 0.3) is 0 Å². The molecule has 1 aliphatic heterocycles. The van der Waals surface area contributed by atoms with Gasteiger partial charge in [-0.2, -0.15) is 0 Å². The van der Waals surface area contributed by atoms with Gasteiger partial charge in [-0.15, -0.1) is 0 Å². The Hall–Kier alpha value is -2.41. The average molecular weight is 388 g/mol. The van der Waals surface area contributed by atoms with E-state index >= 15 is 0 Å². The van der Waals surface area contributed by atoms with E-state index in [-0.39, 0.29) is 30.7 Å². The summed E-state index contributed by atoms with van der Waals surface area (Å²) < 4.78 is 9.88. The molecule has 7 nitrogen and oxygen atoms in total. The summed E-state index contributed by atoms with van der Waals surface area (Å²) in [4.78, 5) is 39.8. The predicted octanol–water partition coefficient (Wildman–Crippen LogP) is 1.86. The van der Waals surface area contributed by atoms with Crippen LogP contribution in [-0.4, -0.2) is 62.1 Å². The second kappa shape index (κ2) is 8.73. The fourth-order valence-corrected chi connectivity index (χ4v) is 4.67. The Bertz CT molecular complexity index is 742. The van der Waals surface area contributed by atoms with Crippen molar-refractivity contribution in [3.8, 4) is 0 Å². The third-order valence-corrected chi connectivity index (χ3v) is 5.93. The molecule has 0 bridgehead atoms. The highest BCUT2D eigenvalue weighted by Crippen LogP contribution is 2.50. The van der Waals surface area contributed by atoms with Crippen LogP contribution < -0.4 is 5.32 Å². The molecule has 0 unspecified atom stereocenters. The van der Waals surface area contributed by atoms with Gasteiger partial charge < -0.3 is 19.7 Å². The first-order valence-corrected chi connectivity index (χ1v) is 9.79. The summed E-state index contributed by atoms with van der Waals surface area (Å²) >= 11 is 0. The molecule has 1 fully saturated rings. The second-order valence-electron chi connectivity index (χ2n) is 7.40. The maximum absolute atomic E-state index is 13.3. The summed E-state index contributed by atoms with van der Waals surface area (Å²) in [5, 5.41) is 2.89. The molecule has 0 radical (unpaired) electrons. The predicted molar refractivity (Wildman–Crippen MR) is 103 cm³/mol. The molecule has 2 amide bonds. The van der Waals surface area contributed by atoms with Crippen LogP contribution in [0.1, 0.15) is 53.9 Å². The van der Waals surface area contributed by atoms with Crippen LogP contribution in [0.4, 0.5) is 0 Å². The van der Waals surface area contributed by atoms with E-state index in [9.17, 15) is 14.4 Å². The van der Waals surface area contributed by atoms with Crippen LogP contribution in [0.5, 0.6) is 0 Å². The highest BCUT2D eigenvalue weighted by Gasteiger charge is 2.55. The fraction of sp³-hybridized carbons (Fsp3) is 0.571. The molecule has 1 N–H and O–H groups in total. The van der Waals surface area contributed by atoms with E-state index in [0.29, 0.717) is 18.7 Å². The van der Waals surface area contributed by atoms with Gasteiger partial charge in [0, 0.05) is 25.8 Å². The highest BCUT2D eigenvalue weighted by atomic mass is 16.5. The Balaban J connectivity index is 1.96. The van der Waals surface area contributed by atoms with E-state index in [1.54, 1.807) is 13.2 Å². The first-order chi connectivity index (χ1) is 13.5. The van der Waals surface area contributed by atoms with Crippen molar-refractivity contribution in [3.63, 3.8) is 0 Å². The molecule has 0 saturated heterocycles. The van der Waals surface area contributed by atoms with Crippen LogP contribution in [-0.2, 0) is 19.1 Å². The molecule has 1 heterocycles. The molecule has 1 saturated carbocycles. The third-order valence-electron chi connectivity index (χ3n) is 5.93. The zero-order valence-corrected chi connectivity index (χ0v) is 16.5. The van der Waals surface area contributed by atoms with Crippen molar-refractivity contribution in [2.24, 2.45) is 0 Å². The van der Waals surface area contributed by atoms with Gasteiger partial charge >= 0.3 is 5.97 Å². The van der Waals surface area contributed by atoms with E-state index in [1.807, 2.05) is 23.1 Å². The topological polar surface area (TPSA) is 84.9 Å². The van der Waals surface area contributed by atoms with Gasteiger partial charge in [-0.25, -0.2) is 0 Å². The molecular formula is C21H28N2O5. The standard InChI is InChI=1S/C21H28N2O5/c1-27-14-13-23-20(26)16-8-4-3-7-15(16)18(21(23)10-5-6-11-21)19(25)22-12-9-17(24)28-2/h3-4,7-8,18H,5-6,9-14H2,1-2H3,(H,22,25)/t18-/m1/s1. The van der Waals surface area contributed by atoms with E-state index in [4.69, 9.17) is 4.74 Å². The van der Waals surface area contributed by atoms with Gasteiger partial charge in [-0.05, 0) is 24.5 Å². The Morgan fingerprint density at radius 3 is 2.61 bits per heavy atom. The van der Waals surface area contributed by atoms with Crippen molar-refractivity contribution < 1.29 is 23.9 Å². The first kappa shape index (κ1) is 20.3. The Morgan fingerprint density at radius 2 is 1.93 bits per heavy atom. The molecule has 1 atom stereocenters. The summed E-state index contributed by atoms with van der Waals surface area (Å²) in [6, 6.07) is 7.36. The van der Waals surface area contributed by atoms with Crippen molar-refractivity contribution in [3.05, 3.63) is 35.4 Å². The molecule has 1 aromatic carbocycles. The Labute approximate surface area is 165 Å². The minimum Gasteiger partial charge on any atom is -0.469 e. The quantitative estimate of drug-likeness (QED) is 0.721. The van der Waals surface area contributed by atoms with E-state index < -0.39 is 11.5 Å². The number of esters is 1. The van der Waals surface area contributed by atoms with Gasteiger partial charge in [0.2, 0.25) is 5.91 Å². The van der Waals surface area contributed by atoms with Crippen LogP contribution >= 0.6 is 0 Å². The molecule has 1 spiro atoms. The minimum atomic E-state index is -0.542. The van der Waals surface area contributed by atoms with Crippen molar-refractivity contribution in [2.45, 2.75) is 43.6 Å². The number of benzene rings is 1. The van der Waals surface area contributed by atoms with Crippen LogP contribution in [0.3, 0.4) is 0 Å². The lowest BCUT2D eigenvalue weighted by Crippen LogP contribution is -2.61. The lowest BCUT2D eigenvalue weighted by Gasteiger charge is -2.50. The lowest BCUT2D eigenvalue weighted by atomic mass is 9.71. The van der Waals surface area contributed by atoms with Crippen molar-refractivity contribution in [1.82, 2.24) is 10.2 Å². The summed E-state index contributed by atoms with van der Waals surface area (Å²) in [5.41, 5.74) is 0.808. The SMILES string of the molecule is COCCN1C(=O)c2ccccc2[C@H](C(=O)NCCC(=O)OC)C12CCCC2. The van der Waals surface area contributed by atoms with Gasteiger partial charge in [0.15, 0.2) is 0 Å². The van der Waals surface area contributed by atoms with Crippen molar-refractivity contribution in [1.29, 1.82) is 0 Å². The highest BCUT2D eigenvalue weighted by molar-refractivity contribution is 6.02. The van der Waals surface area contributed by atoms with Gasteiger partial charge in [-0.1, -0.05) is 31.0 Å². The van der Waals surface area contributed by atoms with Crippen LogP contribution in [0, 0.1) is 0 Å². The number of fused-ring (bicyclic) bond motifs is 1. The Kier molecular flexibility index (Phi) is 6.34. The number of ether oxygens (including phenoxy) is 2. The summed E-state index contributed by atoms with van der Waals surface area (Å²) in [6.07, 6.45) is 3.64. The normalized spacial score (nSPS) is 20.1. The number of rotatable bonds is 7. The maximum atomic E-state index is 13.3. The zero-order chi connectivity index (χ0) is 20.1. The minimum absolute atomic E-state index is 0.0341. The van der Waals surface area contributed by atoms with E-state index in [0.717, 1.165) is 31.2 Å². The molecule has 1 aliphatic carbocycles. The molecule has 28 heavy (non-hydrogen) atoms. The number of hydrogen-bond donors (Lipinski definition) is 1. The maximum Gasteiger partial charge on any atom is 0.307 e. The number of nitrogens with zero attached hydrogens (tertiary/aromatic N) is 1. The molecule has 2 aliphatic rings. The second-order valence-corrected chi connectivity index (χ2v) is 7.40. The smallest absolute Gasteiger partial charge is 0.307 e. The van der Waals surface area contributed by atoms with Gasteiger partial charge in [-0.3, -0.25) is 14.4 Å². The number of carbonyl (C=O) groups is 3. The van der Waals surface area contributed by atoms with Crippen molar-refractivity contribution >= 4 is 17.8 Å². The van der Waals surface area contributed by atoms with Gasteiger partial charge in [0.05, 0.1) is 31.6 Å². The van der Waals surface area contributed by atoms with Crippen LogP contribution in [0.15, 0.2) is 24.3 Å². The van der Waals surface area contributed by atoms with Crippen molar-refractivity contribution in [2.75, 3.05) is 33.9 Å². The summed E-state index contributed by atoms with van der Waals surface area (Å²) in [6.45, 7) is 1.09. The zero-order valence-electron chi connectivity index (χ0n) is 16.5. The number of carbonyl (C=O) groups excluding carboxylic acids is 3. The lowest BCUT2D eigenvalue weighted by molar-refractivity contribution is -0.140. The fourth-order valence-electron chi connectivity index (χ4n) is 4.67. The summed E-state index contributed by atoms with van der Waals surface area (Å²) in [5.74, 6) is -1.00. The summed E-state index contributed by atoms with van der Waals surface area (Å²) in [7, 11) is 2.94. The molecular weight excluding hydrogens is 360 g/mol.